The third kappa shape index (κ3) is 3.53. The van der Waals surface area contributed by atoms with Gasteiger partial charge >= 0.3 is 6.61 Å². The van der Waals surface area contributed by atoms with Gasteiger partial charge in [0.2, 0.25) is 0 Å². The van der Waals surface area contributed by atoms with Crippen LogP contribution in [0.1, 0.15) is 0 Å². The van der Waals surface area contributed by atoms with Crippen molar-refractivity contribution in [1.82, 2.24) is 9.97 Å². The summed E-state index contributed by atoms with van der Waals surface area (Å²) in [6.45, 7) is -2.83. The smallest absolute Gasteiger partial charge is 0.387 e. The van der Waals surface area contributed by atoms with E-state index < -0.39 is 6.61 Å². The first-order chi connectivity index (χ1) is 9.60. The molecule has 0 saturated heterocycles. The molecule has 0 aliphatic carbocycles. The van der Waals surface area contributed by atoms with Crippen LogP contribution >= 0.6 is 15.9 Å². The number of halogens is 3. The van der Waals surface area contributed by atoms with Gasteiger partial charge in [-0.15, -0.1) is 0 Å². The molecule has 0 radical (unpaired) electrons. The van der Waals surface area contributed by atoms with Gasteiger partial charge in [0.05, 0.1) is 0 Å². The molecule has 0 unspecified atom stereocenters. The number of rotatable bonds is 5. The van der Waals surface area contributed by atoms with Crippen molar-refractivity contribution >= 4 is 33.3 Å². The minimum absolute atomic E-state index is 0.100. The van der Waals surface area contributed by atoms with Crippen LogP contribution in [0.5, 0.6) is 5.75 Å². The van der Waals surface area contributed by atoms with E-state index in [1.54, 1.807) is 19.2 Å². The number of alkyl halides is 2. The van der Waals surface area contributed by atoms with E-state index in [-0.39, 0.29) is 5.75 Å². The van der Waals surface area contributed by atoms with Crippen molar-refractivity contribution in [3.05, 3.63) is 35.1 Å². The first-order valence-electron chi connectivity index (χ1n) is 5.60. The van der Waals surface area contributed by atoms with E-state index in [1.165, 1.54) is 18.5 Å². The number of anilines is 3. The molecule has 2 rings (SSSR count). The van der Waals surface area contributed by atoms with Gasteiger partial charge in [-0.1, -0.05) is 0 Å². The predicted octanol–water partition coefficient (Wildman–Crippen LogP) is 3.63. The van der Waals surface area contributed by atoms with Crippen LogP contribution in [0.2, 0.25) is 0 Å². The first kappa shape index (κ1) is 14.4. The third-order valence-corrected chi connectivity index (χ3v) is 3.12. The van der Waals surface area contributed by atoms with Crippen LogP contribution < -0.4 is 15.4 Å². The Labute approximate surface area is 122 Å². The maximum Gasteiger partial charge on any atom is 0.387 e. The monoisotopic (exact) mass is 344 g/mol. The highest BCUT2D eigenvalue weighted by Crippen LogP contribution is 2.29. The van der Waals surface area contributed by atoms with Crippen LogP contribution in [-0.4, -0.2) is 23.6 Å². The number of nitrogens with one attached hydrogen (secondary N) is 2. The Kier molecular flexibility index (Phi) is 4.67. The number of aromatic nitrogens is 2. The lowest BCUT2D eigenvalue weighted by Crippen LogP contribution is -2.02. The molecule has 0 saturated carbocycles. The zero-order valence-corrected chi connectivity index (χ0v) is 12.0. The molecule has 0 aliphatic heterocycles. The van der Waals surface area contributed by atoms with E-state index in [1.807, 2.05) is 0 Å². The highest BCUT2D eigenvalue weighted by molar-refractivity contribution is 9.10. The minimum Gasteiger partial charge on any atom is -0.435 e. The number of benzene rings is 1. The summed E-state index contributed by atoms with van der Waals surface area (Å²) in [7, 11) is 1.74. The fourth-order valence-corrected chi connectivity index (χ4v) is 1.99. The Balaban J connectivity index is 2.14. The molecule has 0 atom stereocenters. The van der Waals surface area contributed by atoms with Gasteiger partial charge in [-0.3, -0.25) is 0 Å². The molecule has 1 aromatic heterocycles. The number of nitrogens with zero attached hydrogens (tertiary/aromatic N) is 2. The Morgan fingerprint density at radius 3 is 2.40 bits per heavy atom. The van der Waals surface area contributed by atoms with Crippen LogP contribution in [-0.2, 0) is 0 Å². The van der Waals surface area contributed by atoms with Crippen molar-refractivity contribution in [2.75, 3.05) is 17.7 Å². The second-order valence-corrected chi connectivity index (χ2v) is 4.46. The number of ether oxygens (including phenoxy) is 1. The Morgan fingerprint density at radius 2 is 1.80 bits per heavy atom. The molecule has 0 bridgehead atoms. The highest BCUT2D eigenvalue weighted by Gasteiger charge is 2.08. The summed E-state index contributed by atoms with van der Waals surface area (Å²) in [6.07, 6.45) is 1.41. The van der Waals surface area contributed by atoms with Gasteiger partial charge in [-0.2, -0.15) is 8.78 Å². The molecule has 5 nitrogen and oxygen atoms in total. The fourth-order valence-electron chi connectivity index (χ4n) is 1.49. The zero-order valence-electron chi connectivity index (χ0n) is 10.4. The van der Waals surface area contributed by atoms with Crippen molar-refractivity contribution in [2.45, 2.75) is 6.61 Å². The molecule has 20 heavy (non-hydrogen) atoms. The topological polar surface area (TPSA) is 59.1 Å². The van der Waals surface area contributed by atoms with E-state index >= 15 is 0 Å². The SMILES string of the molecule is CNc1ncnc(Nc2ccc(OC(F)F)cc2)c1Br. The standard InChI is InChI=1S/C12H11BrF2N4O/c1-16-10-9(13)11(18-6-17-10)19-7-2-4-8(5-3-7)20-12(14)15/h2-6,12H,1H3,(H2,16,17,18,19). The molecule has 0 spiro atoms. The molecule has 1 heterocycles. The van der Waals surface area contributed by atoms with Gasteiger partial charge in [-0.05, 0) is 40.2 Å². The van der Waals surface area contributed by atoms with E-state index in [9.17, 15) is 8.78 Å². The summed E-state index contributed by atoms with van der Waals surface area (Å²) >= 11 is 3.37. The van der Waals surface area contributed by atoms with Crippen LogP contribution in [0.3, 0.4) is 0 Å². The summed E-state index contributed by atoms with van der Waals surface area (Å²) < 4.78 is 29.0. The maximum absolute atomic E-state index is 12.0. The van der Waals surface area contributed by atoms with Gasteiger partial charge in [0.25, 0.3) is 0 Å². The normalized spacial score (nSPS) is 10.4. The van der Waals surface area contributed by atoms with Crippen LogP contribution in [0.25, 0.3) is 0 Å². The van der Waals surface area contributed by atoms with Crippen LogP contribution in [0, 0.1) is 0 Å². The van der Waals surface area contributed by atoms with E-state index in [0.29, 0.717) is 21.8 Å². The Morgan fingerprint density at radius 1 is 1.15 bits per heavy atom. The summed E-state index contributed by atoms with van der Waals surface area (Å²) in [5.41, 5.74) is 0.688. The van der Waals surface area contributed by atoms with Crippen molar-refractivity contribution in [1.29, 1.82) is 0 Å². The second kappa shape index (κ2) is 6.47. The second-order valence-electron chi connectivity index (χ2n) is 3.66. The number of hydrogen-bond donors (Lipinski definition) is 2. The zero-order chi connectivity index (χ0) is 14.5. The molecule has 106 valence electrons. The highest BCUT2D eigenvalue weighted by atomic mass is 79.9. The summed E-state index contributed by atoms with van der Waals surface area (Å²) in [5, 5.41) is 5.96. The lowest BCUT2D eigenvalue weighted by atomic mass is 10.3. The van der Waals surface area contributed by atoms with Crippen LogP contribution in [0.15, 0.2) is 35.1 Å². The molecule has 1 aromatic carbocycles. The predicted molar refractivity (Wildman–Crippen MR) is 75.6 cm³/mol. The van der Waals surface area contributed by atoms with Gasteiger partial charge < -0.3 is 15.4 Å². The minimum atomic E-state index is -2.83. The van der Waals surface area contributed by atoms with E-state index in [0.717, 1.165) is 0 Å². The van der Waals surface area contributed by atoms with Crippen LogP contribution in [0.4, 0.5) is 26.1 Å². The van der Waals surface area contributed by atoms with Gasteiger partial charge in [0.15, 0.2) is 0 Å². The van der Waals surface area contributed by atoms with Crippen molar-refractivity contribution in [2.24, 2.45) is 0 Å². The Hall–Kier alpha value is -1.96. The van der Waals surface area contributed by atoms with E-state index in [2.05, 4.69) is 41.3 Å². The molecule has 2 N–H and O–H groups in total. The molecule has 0 amide bonds. The lowest BCUT2D eigenvalue weighted by molar-refractivity contribution is -0.0498. The van der Waals surface area contributed by atoms with E-state index in [4.69, 9.17) is 0 Å². The van der Waals surface area contributed by atoms with Gasteiger partial charge in [0.1, 0.15) is 28.2 Å². The number of hydrogen-bond acceptors (Lipinski definition) is 5. The molecule has 2 aromatic rings. The summed E-state index contributed by atoms with van der Waals surface area (Å²) in [4.78, 5) is 8.13. The maximum atomic E-state index is 12.0. The fraction of sp³-hybridized carbons (Fsp3) is 0.167. The van der Waals surface area contributed by atoms with Crippen molar-refractivity contribution < 1.29 is 13.5 Å². The average molecular weight is 345 g/mol. The third-order valence-electron chi connectivity index (χ3n) is 2.37. The first-order valence-corrected chi connectivity index (χ1v) is 6.39. The molecular formula is C12H11BrF2N4O. The average Bonchev–Trinajstić information content (AvgIpc) is 2.43. The lowest BCUT2D eigenvalue weighted by Gasteiger charge is -2.10. The molecule has 8 heteroatoms. The molecular weight excluding hydrogens is 334 g/mol. The van der Waals surface area contributed by atoms with Gasteiger partial charge in [-0.25, -0.2) is 9.97 Å². The van der Waals surface area contributed by atoms with Gasteiger partial charge in [0, 0.05) is 12.7 Å². The molecule has 0 aliphatic rings. The largest absolute Gasteiger partial charge is 0.435 e. The Bertz CT molecular complexity index is 580. The summed E-state index contributed by atoms with van der Waals surface area (Å²) in [6, 6.07) is 6.13. The van der Waals surface area contributed by atoms with Crippen molar-refractivity contribution in [3.8, 4) is 5.75 Å². The summed E-state index contributed by atoms with van der Waals surface area (Å²) in [5.74, 6) is 1.30. The molecule has 0 fully saturated rings. The quantitative estimate of drug-likeness (QED) is 0.867. The van der Waals surface area contributed by atoms with Crippen molar-refractivity contribution in [3.63, 3.8) is 0 Å².